The van der Waals surface area contributed by atoms with Gasteiger partial charge in [0.1, 0.15) is 17.0 Å². The number of carbonyl (C=O) groups is 1. The molecule has 5 nitrogen and oxygen atoms in total. The first-order valence-corrected chi connectivity index (χ1v) is 9.02. The zero-order chi connectivity index (χ0) is 19.0. The van der Waals surface area contributed by atoms with E-state index in [2.05, 4.69) is 4.98 Å². The van der Waals surface area contributed by atoms with Gasteiger partial charge in [0.05, 0.1) is 13.2 Å². The summed E-state index contributed by atoms with van der Waals surface area (Å²) in [5, 5.41) is 0.726. The fourth-order valence-corrected chi connectivity index (χ4v) is 3.20. The number of esters is 1. The van der Waals surface area contributed by atoms with Crippen LogP contribution in [0.4, 0.5) is 4.39 Å². The summed E-state index contributed by atoms with van der Waals surface area (Å²) in [5.74, 6) is -0.483. The normalized spacial score (nSPS) is 13.7. The standard InChI is InChI=1S/C21H19FN2O3/c1-2-27-21(26)18-10-15-9-16(14-5-6-14)11-23-19(15)24(20(18)25)12-13-3-7-17(22)8-4-13/h3-4,7-11,14H,2,5-6,12H2,1H3. The predicted octanol–water partition coefficient (Wildman–Crippen LogP) is 3.64. The fourth-order valence-electron chi connectivity index (χ4n) is 3.20. The molecule has 0 amide bonds. The average molecular weight is 366 g/mol. The van der Waals surface area contributed by atoms with E-state index in [1.807, 2.05) is 6.07 Å². The quantitative estimate of drug-likeness (QED) is 0.647. The maximum Gasteiger partial charge on any atom is 0.343 e. The highest BCUT2D eigenvalue weighted by molar-refractivity contribution is 5.93. The lowest BCUT2D eigenvalue weighted by Crippen LogP contribution is -2.28. The van der Waals surface area contributed by atoms with Crippen molar-refractivity contribution in [3.05, 3.63) is 75.5 Å². The van der Waals surface area contributed by atoms with Crippen molar-refractivity contribution in [1.29, 1.82) is 0 Å². The molecule has 1 aliphatic rings. The molecule has 2 aromatic heterocycles. The highest BCUT2D eigenvalue weighted by atomic mass is 19.1. The first kappa shape index (κ1) is 17.4. The molecule has 0 N–H and O–H groups in total. The SMILES string of the molecule is CCOC(=O)c1cc2cc(C3CC3)cnc2n(Cc2ccc(F)cc2)c1=O. The van der Waals surface area contributed by atoms with Gasteiger partial charge in [-0.1, -0.05) is 12.1 Å². The van der Waals surface area contributed by atoms with Crippen LogP contribution in [0.5, 0.6) is 0 Å². The Morgan fingerprint density at radius 1 is 1.26 bits per heavy atom. The highest BCUT2D eigenvalue weighted by Gasteiger charge is 2.25. The Morgan fingerprint density at radius 2 is 2.00 bits per heavy atom. The van der Waals surface area contributed by atoms with Gasteiger partial charge in [0.2, 0.25) is 0 Å². The van der Waals surface area contributed by atoms with E-state index in [4.69, 9.17) is 4.74 Å². The van der Waals surface area contributed by atoms with Crippen LogP contribution in [0.2, 0.25) is 0 Å². The summed E-state index contributed by atoms with van der Waals surface area (Å²) in [4.78, 5) is 29.7. The van der Waals surface area contributed by atoms with Crippen molar-refractivity contribution >= 4 is 17.0 Å². The molecule has 0 radical (unpaired) electrons. The zero-order valence-electron chi connectivity index (χ0n) is 14.9. The minimum atomic E-state index is -0.644. The number of pyridine rings is 2. The Labute approximate surface area is 155 Å². The van der Waals surface area contributed by atoms with E-state index in [-0.39, 0.29) is 24.5 Å². The van der Waals surface area contributed by atoms with Crippen molar-refractivity contribution in [2.75, 3.05) is 6.61 Å². The first-order valence-electron chi connectivity index (χ1n) is 9.02. The van der Waals surface area contributed by atoms with Crippen LogP contribution in [0.1, 0.15) is 47.2 Å². The summed E-state index contributed by atoms with van der Waals surface area (Å²) in [5.41, 5.74) is 1.89. The van der Waals surface area contributed by atoms with Crippen LogP contribution in [0.15, 0.2) is 47.4 Å². The number of carbonyl (C=O) groups excluding carboxylic acids is 1. The molecule has 1 aliphatic carbocycles. The Kier molecular flexibility index (Phi) is 4.48. The van der Waals surface area contributed by atoms with Gasteiger partial charge >= 0.3 is 5.97 Å². The summed E-state index contributed by atoms with van der Waals surface area (Å²) in [6.45, 7) is 2.08. The van der Waals surface area contributed by atoms with Gasteiger partial charge in [0.15, 0.2) is 0 Å². The third-order valence-electron chi connectivity index (χ3n) is 4.75. The van der Waals surface area contributed by atoms with Crippen molar-refractivity contribution in [2.24, 2.45) is 0 Å². The van der Waals surface area contributed by atoms with Gasteiger partial charge in [-0.3, -0.25) is 9.36 Å². The second-order valence-corrected chi connectivity index (χ2v) is 6.75. The largest absolute Gasteiger partial charge is 0.462 e. The van der Waals surface area contributed by atoms with Crippen LogP contribution < -0.4 is 5.56 Å². The van der Waals surface area contributed by atoms with E-state index >= 15 is 0 Å². The van der Waals surface area contributed by atoms with Crippen molar-refractivity contribution in [1.82, 2.24) is 9.55 Å². The molecule has 0 unspecified atom stereocenters. The zero-order valence-corrected chi connectivity index (χ0v) is 14.9. The van der Waals surface area contributed by atoms with E-state index in [0.29, 0.717) is 11.6 Å². The Bertz CT molecular complexity index is 1070. The number of ether oxygens (including phenoxy) is 1. The summed E-state index contributed by atoms with van der Waals surface area (Å²) in [6.07, 6.45) is 4.06. The van der Waals surface area contributed by atoms with E-state index < -0.39 is 11.5 Å². The smallest absolute Gasteiger partial charge is 0.343 e. The molecular weight excluding hydrogens is 347 g/mol. The molecule has 2 heterocycles. The van der Waals surface area contributed by atoms with Crippen LogP contribution >= 0.6 is 0 Å². The number of aromatic nitrogens is 2. The van der Waals surface area contributed by atoms with Crippen molar-refractivity contribution in [3.8, 4) is 0 Å². The highest BCUT2D eigenvalue weighted by Crippen LogP contribution is 2.40. The second kappa shape index (κ2) is 6.95. The third-order valence-corrected chi connectivity index (χ3v) is 4.75. The fraction of sp³-hybridized carbons (Fsp3) is 0.286. The number of halogens is 1. The molecule has 4 rings (SSSR count). The molecule has 0 atom stereocenters. The van der Waals surface area contributed by atoms with Crippen molar-refractivity contribution in [3.63, 3.8) is 0 Å². The van der Waals surface area contributed by atoms with Crippen LogP contribution in [0, 0.1) is 5.82 Å². The maximum atomic E-state index is 13.2. The number of hydrogen-bond donors (Lipinski definition) is 0. The van der Waals surface area contributed by atoms with Crippen molar-refractivity contribution in [2.45, 2.75) is 32.2 Å². The molecule has 27 heavy (non-hydrogen) atoms. The Balaban J connectivity index is 1.87. The molecule has 0 saturated heterocycles. The average Bonchev–Trinajstić information content (AvgIpc) is 3.50. The summed E-state index contributed by atoms with van der Waals surface area (Å²) in [7, 11) is 0. The number of hydrogen-bond acceptors (Lipinski definition) is 4. The van der Waals surface area contributed by atoms with E-state index in [9.17, 15) is 14.0 Å². The molecule has 3 aromatic rings. The van der Waals surface area contributed by atoms with Gasteiger partial charge in [0.25, 0.3) is 5.56 Å². The molecule has 0 aliphatic heterocycles. The van der Waals surface area contributed by atoms with E-state index in [1.54, 1.807) is 31.3 Å². The molecular formula is C21H19FN2O3. The van der Waals surface area contributed by atoms with E-state index in [1.165, 1.54) is 16.7 Å². The number of rotatable bonds is 5. The molecule has 138 valence electrons. The molecule has 1 fully saturated rings. The topological polar surface area (TPSA) is 61.2 Å². The lowest BCUT2D eigenvalue weighted by Gasteiger charge is -2.13. The summed E-state index contributed by atoms with van der Waals surface area (Å²) < 4.78 is 19.7. The molecule has 0 bridgehead atoms. The van der Waals surface area contributed by atoms with Crippen molar-refractivity contribution < 1.29 is 13.9 Å². The Morgan fingerprint density at radius 3 is 2.67 bits per heavy atom. The van der Waals surface area contributed by atoms with Gasteiger partial charge in [0, 0.05) is 11.6 Å². The number of benzene rings is 1. The first-order chi connectivity index (χ1) is 13.1. The van der Waals surface area contributed by atoms with Crippen LogP contribution in [0.25, 0.3) is 11.0 Å². The maximum absolute atomic E-state index is 13.2. The third kappa shape index (κ3) is 3.47. The van der Waals surface area contributed by atoms with Crippen LogP contribution in [-0.4, -0.2) is 22.1 Å². The summed E-state index contributed by atoms with van der Waals surface area (Å²) in [6, 6.07) is 9.47. The molecule has 1 aromatic carbocycles. The lowest BCUT2D eigenvalue weighted by atomic mass is 10.1. The number of fused-ring (bicyclic) bond motifs is 1. The molecule has 6 heteroatoms. The van der Waals surface area contributed by atoms with Gasteiger partial charge in [-0.2, -0.15) is 0 Å². The number of nitrogens with zero attached hydrogens (tertiary/aromatic N) is 2. The lowest BCUT2D eigenvalue weighted by molar-refractivity contribution is 0.0524. The van der Waals surface area contributed by atoms with Crippen LogP contribution in [0.3, 0.4) is 0 Å². The molecule has 0 spiro atoms. The van der Waals surface area contributed by atoms with E-state index in [0.717, 1.165) is 29.4 Å². The van der Waals surface area contributed by atoms with Gasteiger partial charge in [-0.15, -0.1) is 0 Å². The van der Waals surface area contributed by atoms with Crippen LogP contribution in [-0.2, 0) is 11.3 Å². The van der Waals surface area contributed by atoms with Gasteiger partial charge < -0.3 is 4.74 Å². The minimum Gasteiger partial charge on any atom is -0.462 e. The second-order valence-electron chi connectivity index (χ2n) is 6.75. The predicted molar refractivity (Wildman–Crippen MR) is 99.4 cm³/mol. The monoisotopic (exact) mass is 366 g/mol. The van der Waals surface area contributed by atoms with Gasteiger partial charge in [-0.25, -0.2) is 14.2 Å². The molecule has 1 saturated carbocycles. The minimum absolute atomic E-state index is 0.0128. The Hall–Kier alpha value is -3.02. The van der Waals surface area contributed by atoms with Gasteiger partial charge in [-0.05, 0) is 61.1 Å². The summed E-state index contributed by atoms with van der Waals surface area (Å²) >= 11 is 0.